The van der Waals surface area contributed by atoms with Crippen LogP contribution < -0.4 is 4.90 Å². The largest absolute Gasteiger partial charge is 0.339 e. The Morgan fingerprint density at radius 3 is 2.28 bits per heavy atom. The van der Waals surface area contributed by atoms with Crippen molar-refractivity contribution in [3.8, 4) is 0 Å². The van der Waals surface area contributed by atoms with Crippen LogP contribution in [0, 0.1) is 0 Å². The lowest BCUT2D eigenvalue weighted by Gasteiger charge is -2.34. The van der Waals surface area contributed by atoms with E-state index in [0.29, 0.717) is 5.56 Å². The van der Waals surface area contributed by atoms with Gasteiger partial charge in [0.25, 0.3) is 5.91 Å². The van der Waals surface area contributed by atoms with Gasteiger partial charge in [0, 0.05) is 58.2 Å². The van der Waals surface area contributed by atoms with E-state index < -0.39 is 0 Å². The Morgan fingerprint density at radius 2 is 1.59 bits per heavy atom. The summed E-state index contributed by atoms with van der Waals surface area (Å²) < 4.78 is 0. The van der Waals surface area contributed by atoms with Gasteiger partial charge >= 0.3 is 0 Å². The lowest BCUT2D eigenvalue weighted by Crippen LogP contribution is -2.47. The number of hydrogen-bond acceptors (Lipinski definition) is 5. The molecule has 6 nitrogen and oxygen atoms in total. The van der Waals surface area contributed by atoms with Crippen LogP contribution in [0.3, 0.4) is 0 Å². The Labute approximate surface area is 172 Å². The minimum Gasteiger partial charge on any atom is -0.339 e. The molecule has 0 spiro atoms. The highest BCUT2D eigenvalue weighted by molar-refractivity contribution is 5.93. The Hall–Kier alpha value is -2.73. The normalized spacial score (nSPS) is 18.3. The van der Waals surface area contributed by atoms with Crippen LogP contribution in [-0.4, -0.2) is 71.5 Å². The van der Waals surface area contributed by atoms with Gasteiger partial charge in [0.05, 0.1) is 5.56 Å². The highest BCUT2D eigenvalue weighted by atomic mass is 16.2. The van der Waals surface area contributed by atoms with Crippen molar-refractivity contribution in [2.24, 2.45) is 0 Å². The molecule has 2 aliphatic heterocycles. The van der Waals surface area contributed by atoms with Crippen molar-refractivity contribution in [1.82, 2.24) is 19.8 Å². The second-order valence-electron chi connectivity index (χ2n) is 7.73. The number of piperidine rings is 1. The van der Waals surface area contributed by atoms with Gasteiger partial charge in [-0.2, -0.15) is 0 Å². The first-order chi connectivity index (χ1) is 14.3. The summed E-state index contributed by atoms with van der Waals surface area (Å²) in [6.45, 7) is 6.42. The molecule has 1 aromatic carbocycles. The highest BCUT2D eigenvalue weighted by Crippen LogP contribution is 2.15. The maximum absolute atomic E-state index is 12.6. The number of hydrogen-bond donors (Lipinski definition) is 0. The Morgan fingerprint density at radius 1 is 0.897 bits per heavy atom. The van der Waals surface area contributed by atoms with Gasteiger partial charge in [0.1, 0.15) is 0 Å². The predicted molar refractivity (Wildman–Crippen MR) is 116 cm³/mol. The zero-order valence-electron chi connectivity index (χ0n) is 16.9. The van der Waals surface area contributed by atoms with Crippen LogP contribution in [0.4, 0.5) is 5.95 Å². The molecule has 6 heteroatoms. The van der Waals surface area contributed by atoms with E-state index >= 15 is 0 Å². The van der Waals surface area contributed by atoms with Crippen LogP contribution in [0.15, 0.2) is 48.8 Å². The lowest BCUT2D eigenvalue weighted by molar-refractivity contribution is 0.0723. The molecule has 0 aliphatic carbocycles. The number of anilines is 1. The molecular formula is C23H29N5O. The second kappa shape index (κ2) is 9.65. The summed E-state index contributed by atoms with van der Waals surface area (Å²) in [5.74, 6) is 0.783. The van der Waals surface area contributed by atoms with Gasteiger partial charge in [-0.3, -0.25) is 9.69 Å². The zero-order valence-corrected chi connectivity index (χ0v) is 16.9. The third kappa shape index (κ3) is 5.21. The molecule has 2 aromatic rings. The van der Waals surface area contributed by atoms with Gasteiger partial charge in [-0.1, -0.05) is 42.5 Å². The average Bonchev–Trinajstić information content (AvgIpc) is 2.80. The number of rotatable bonds is 5. The molecule has 0 atom stereocenters. The van der Waals surface area contributed by atoms with Gasteiger partial charge in [-0.25, -0.2) is 9.97 Å². The van der Waals surface area contributed by atoms with Crippen LogP contribution in [0.2, 0.25) is 0 Å². The number of nitrogens with zero attached hydrogens (tertiary/aromatic N) is 5. The van der Waals surface area contributed by atoms with E-state index in [2.05, 4.69) is 56.2 Å². The number of carbonyl (C=O) groups is 1. The molecule has 4 rings (SSSR count). The molecule has 2 aliphatic rings. The summed E-state index contributed by atoms with van der Waals surface area (Å²) in [7, 11) is 0. The molecular weight excluding hydrogens is 362 g/mol. The third-order valence-corrected chi connectivity index (χ3v) is 5.66. The summed E-state index contributed by atoms with van der Waals surface area (Å²) >= 11 is 0. The fourth-order valence-electron chi connectivity index (χ4n) is 3.91. The van der Waals surface area contributed by atoms with Crippen molar-refractivity contribution in [3.05, 3.63) is 59.9 Å². The smallest absolute Gasteiger partial charge is 0.256 e. The fraction of sp³-hybridized carbons (Fsp3) is 0.435. The summed E-state index contributed by atoms with van der Waals surface area (Å²) in [4.78, 5) is 28.1. The minimum absolute atomic E-state index is 0.0614. The lowest BCUT2D eigenvalue weighted by atomic mass is 10.1. The van der Waals surface area contributed by atoms with Crippen molar-refractivity contribution in [1.29, 1.82) is 0 Å². The molecule has 0 radical (unpaired) electrons. The van der Waals surface area contributed by atoms with E-state index in [0.717, 1.165) is 64.6 Å². The third-order valence-electron chi connectivity index (χ3n) is 5.66. The number of carbonyl (C=O) groups excluding carboxylic acids is 1. The SMILES string of the molecule is O=C(c1cnc(N2CCN(C/C=C/c3ccccc3)CC2)nc1)N1CCCCC1. The molecule has 2 saturated heterocycles. The molecule has 0 unspecified atom stereocenters. The van der Waals surface area contributed by atoms with E-state index in [1.807, 2.05) is 11.0 Å². The van der Waals surface area contributed by atoms with E-state index in [4.69, 9.17) is 0 Å². The summed E-state index contributed by atoms with van der Waals surface area (Å²) in [6, 6.07) is 10.4. The van der Waals surface area contributed by atoms with E-state index in [1.165, 1.54) is 12.0 Å². The summed E-state index contributed by atoms with van der Waals surface area (Å²) in [6.07, 6.45) is 11.2. The van der Waals surface area contributed by atoms with Crippen LogP contribution in [0.1, 0.15) is 35.2 Å². The summed E-state index contributed by atoms with van der Waals surface area (Å²) in [5, 5.41) is 0. The first-order valence-corrected chi connectivity index (χ1v) is 10.6. The first-order valence-electron chi connectivity index (χ1n) is 10.6. The quantitative estimate of drug-likeness (QED) is 0.784. The zero-order chi connectivity index (χ0) is 19.9. The number of likely N-dealkylation sites (tertiary alicyclic amines) is 1. The van der Waals surface area contributed by atoms with Crippen LogP contribution >= 0.6 is 0 Å². The second-order valence-corrected chi connectivity index (χ2v) is 7.73. The molecule has 0 bridgehead atoms. The maximum atomic E-state index is 12.6. The predicted octanol–water partition coefficient (Wildman–Crippen LogP) is 2.94. The number of benzene rings is 1. The van der Waals surface area contributed by atoms with E-state index in [9.17, 15) is 4.79 Å². The number of amides is 1. The average molecular weight is 392 g/mol. The number of piperazine rings is 1. The molecule has 2 fully saturated rings. The molecule has 0 N–H and O–H groups in total. The molecule has 29 heavy (non-hydrogen) atoms. The Kier molecular flexibility index (Phi) is 6.52. The standard InChI is InChI=1S/C23H29N5O/c29-22(27-12-5-2-6-13-27)21-18-24-23(25-19-21)28-16-14-26(15-17-28)11-7-10-20-8-3-1-4-9-20/h1,3-4,7-10,18-19H,2,5-6,11-17H2/b10-7+. The van der Waals surface area contributed by atoms with Crippen LogP contribution in [0.5, 0.6) is 0 Å². The summed E-state index contributed by atoms with van der Waals surface area (Å²) in [5.41, 5.74) is 1.83. The van der Waals surface area contributed by atoms with Gasteiger partial charge in [0.2, 0.25) is 5.95 Å². The van der Waals surface area contributed by atoms with E-state index in [-0.39, 0.29) is 5.91 Å². The number of aromatic nitrogens is 2. The molecule has 1 aromatic heterocycles. The monoisotopic (exact) mass is 391 g/mol. The fourth-order valence-corrected chi connectivity index (χ4v) is 3.91. The molecule has 1 amide bonds. The van der Waals surface area contributed by atoms with Crippen LogP contribution in [0.25, 0.3) is 6.08 Å². The van der Waals surface area contributed by atoms with Crippen molar-refractivity contribution >= 4 is 17.9 Å². The highest BCUT2D eigenvalue weighted by Gasteiger charge is 2.21. The maximum Gasteiger partial charge on any atom is 0.256 e. The minimum atomic E-state index is 0.0614. The topological polar surface area (TPSA) is 52.6 Å². The van der Waals surface area contributed by atoms with Crippen LogP contribution in [-0.2, 0) is 0 Å². The van der Waals surface area contributed by atoms with Crippen molar-refractivity contribution in [3.63, 3.8) is 0 Å². The van der Waals surface area contributed by atoms with Crippen molar-refractivity contribution < 1.29 is 4.79 Å². The van der Waals surface area contributed by atoms with Gasteiger partial charge in [-0.15, -0.1) is 0 Å². The van der Waals surface area contributed by atoms with Crippen molar-refractivity contribution in [2.45, 2.75) is 19.3 Å². The molecule has 0 saturated carbocycles. The molecule has 3 heterocycles. The van der Waals surface area contributed by atoms with Gasteiger partial charge < -0.3 is 9.80 Å². The van der Waals surface area contributed by atoms with E-state index in [1.54, 1.807) is 12.4 Å². The molecule has 152 valence electrons. The van der Waals surface area contributed by atoms with Crippen molar-refractivity contribution in [2.75, 3.05) is 50.7 Å². The van der Waals surface area contributed by atoms with Gasteiger partial charge in [-0.05, 0) is 24.8 Å². The Bertz CT molecular complexity index is 807. The Balaban J connectivity index is 1.26. The first kappa shape index (κ1) is 19.6. The van der Waals surface area contributed by atoms with Gasteiger partial charge in [0.15, 0.2) is 0 Å².